The zero-order valence-corrected chi connectivity index (χ0v) is 16.9. The van der Waals surface area contributed by atoms with Crippen LogP contribution in [-0.2, 0) is 16.1 Å². The van der Waals surface area contributed by atoms with E-state index in [9.17, 15) is 14.4 Å². The van der Waals surface area contributed by atoms with E-state index >= 15 is 0 Å². The van der Waals surface area contributed by atoms with E-state index in [-0.39, 0.29) is 0 Å². The van der Waals surface area contributed by atoms with Gasteiger partial charge in [0, 0.05) is 32.5 Å². The van der Waals surface area contributed by atoms with Gasteiger partial charge in [-0.15, -0.1) is 0 Å². The number of rotatable bonds is 5. The number of imide groups is 2. The topological polar surface area (TPSA) is 78.7 Å². The summed E-state index contributed by atoms with van der Waals surface area (Å²) in [6.45, 7) is 5.01. The van der Waals surface area contributed by atoms with Crippen LogP contribution in [0.2, 0.25) is 0 Å². The van der Waals surface area contributed by atoms with E-state index in [1.807, 2.05) is 19.1 Å². The van der Waals surface area contributed by atoms with Crippen molar-refractivity contribution in [3.05, 3.63) is 47.7 Å². The summed E-state index contributed by atoms with van der Waals surface area (Å²) in [4.78, 5) is 40.8. The Bertz CT molecular complexity index is 745. The highest BCUT2D eigenvalue weighted by molar-refractivity contribution is 6.17. The molecule has 7 heteroatoms. The minimum absolute atomic E-state index is 0.347. The highest BCUT2D eigenvalue weighted by atomic mass is 16.2. The number of urea groups is 1. The van der Waals surface area contributed by atoms with Crippen molar-refractivity contribution in [3.63, 3.8) is 0 Å². The van der Waals surface area contributed by atoms with Crippen LogP contribution in [-0.4, -0.2) is 60.9 Å². The number of carbonyl (C=O) groups is 3. The molecule has 2 aliphatic rings. The molecule has 1 aromatic carbocycles. The molecule has 2 aliphatic heterocycles. The number of nitrogens with zero attached hydrogens (tertiary/aromatic N) is 2. The predicted molar refractivity (Wildman–Crippen MR) is 104 cm³/mol. The van der Waals surface area contributed by atoms with Gasteiger partial charge in [-0.2, -0.15) is 0 Å². The van der Waals surface area contributed by atoms with Crippen molar-refractivity contribution >= 4 is 17.8 Å². The van der Waals surface area contributed by atoms with Crippen LogP contribution in [0.4, 0.5) is 4.79 Å². The van der Waals surface area contributed by atoms with Crippen LogP contribution in [0.3, 0.4) is 0 Å². The summed E-state index contributed by atoms with van der Waals surface area (Å²) >= 11 is 0. The second-order valence-electron chi connectivity index (χ2n) is 7.72. The van der Waals surface area contributed by atoms with Gasteiger partial charge in [0.15, 0.2) is 5.92 Å². The molecule has 0 radical (unpaired) electrons. The molecule has 2 saturated heterocycles. The fraction of sp³-hybridized carbons (Fsp3) is 0.476. The molecule has 0 bridgehead atoms. The molecule has 0 aromatic heterocycles. The first-order chi connectivity index (χ1) is 13.4. The van der Waals surface area contributed by atoms with Crippen LogP contribution < -0.4 is 10.2 Å². The Hall–Kier alpha value is -2.51. The van der Waals surface area contributed by atoms with E-state index < -0.39 is 23.8 Å². The van der Waals surface area contributed by atoms with Gasteiger partial charge < -0.3 is 10.2 Å². The lowest BCUT2D eigenvalue weighted by Gasteiger charge is -2.34. The van der Waals surface area contributed by atoms with E-state index in [4.69, 9.17) is 0 Å². The van der Waals surface area contributed by atoms with Crippen LogP contribution in [0, 0.1) is 5.92 Å². The number of piperidine rings is 1. The summed E-state index contributed by atoms with van der Waals surface area (Å²) in [6, 6.07) is 10.3. The van der Waals surface area contributed by atoms with Crippen LogP contribution in [0.25, 0.3) is 0 Å². The smallest absolute Gasteiger partial charge is 0.331 e. The van der Waals surface area contributed by atoms with Crippen molar-refractivity contribution in [2.75, 3.05) is 27.2 Å². The molecule has 0 aliphatic carbocycles. The molecule has 0 unspecified atom stereocenters. The number of hydrogen-bond donors (Lipinski definition) is 2. The van der Waals surface area contributed by atoms with E-state index in [2.05, 4.69) is 29.6 Å². The van der Waals surface area contributed by atoms with Crippen LogP contribution in [0.5, 0.6) is 0 Å². The molecular formula is C21H30N4O3+2. The first kappa shape index (κ1) is 20.2. The van der Waals surface area contributed by atoms with Gasteiger partial charge in [-0.25, -0.2) is 4.79 Å². The quantitative estimate of drug-likeness (QED) is 0.662. The maximum Gasteiger partial charge on any atom is 0.332 e. The summed E-state index contributed by atoms with van der Waals surface area (Å²) in [5, 5.41) is 2.08. The highest BCUT2D eigenvalue weighted by Crippen LogP contribution is 2.19. The minimum atomic E-state index is -0.910. The number of barbiturate groups is 1. The molecule has 3 N–H and O–H groups in total. The van der Waals surface area contributed by atoms with E-state index in [0.29, 0.717) is 6.04 Å². The standard InChI is InChI=1S/C21H28N4O3/c1-4-17(18-19(26)23(2)21(28)24(3)20(18)27)22-16-10-12-25(13-11-16)14-15-8-6-5-7-9-15/h4-9,16,18,22H,10-14H2,1-3H3/p+2/b17-4-. The zero-order chi connectivity index (χ0) is 20.3. The average Bonchev–Trinajstić information content (AvgIpc) is 2.72. The van der Waals surface area contributed by atoms with Gasteiger partial charge in [-0.1, -0.05) is 30.3 Å². The highest BCUT2D eigenvalue weighted by Gasteiger charge is 2.46. The van der Waals surface area contributed by atoms with Crippen molar-refractivity contribution < 1.29 is 24.6 Å². The number of amides is 4. The van der Waals surface area contributed by atoms with Gasteiger partial charge in [-0.05, 0) is 13.0 Å². The van der Waals surface area contributed by atoms with Crippen molar-refractivity contribution in [2.24, 2.45) is 5.92 Å². The largest absolute Gasteiger partial charge is 0.332 e. The number of nitrogens with two attached hydrogens (primary N) is 1. The molecule has 28 heavy (non-hydrogen) atoms. The lowest BCUT2D eigenvalue weighted by molar-refractivity contribution is -0.925. The Morgan fingerprint density at radius 3 is 2.18 bits per heavy atom. The normalized spacial score (nSPS) is 24.8. The fourth-order valence-corrected chi connectivity index (χ4v) is 4.10. The summed E-state index contributed by atoms with van der Waals surface area (Å²) in [5.74, 6) is -1.79. The van der Waals surface area contributed by atoms with Crippen molar-refractivity contribution in [1.82, 2.24) is 9.80 Å². The molecule has 0 spiro atoms. The molecule has 150 valence electrons. The van der Waals surface area contributed by atoms with E-state index in [0.717, 1.165) is 48.0 Å². The van der Waals surface area contributed by atoms with Gasteiger partial charge in [0.2, 0.25) is 0 Å². The Labute approximate surface area is 166 Å². The Morgan fingerprint density at radius 2 is 1.64 bits per heavy atom. The molecule has 0 atom stereocenters. The summed E-state index contributed by atoms with van der Waals surface area (Å²) in [6.07, 6.45) is 3.89. The van der Waals surface area contributed by atoms with Crippen molar-refractivity contribution in [1.29, 1.82) is 0 Å². The molecule has 7 nitrogen and oxygen atoms in total. The monoisotopic (exact) mass is 386 g/mol. The van der Waals surface area contributed by atoms with Crippen LogP contribution in [0.15, 0.2) is 42.1 Å². The summed E-state index contributed by atoms with van der Waals surface area (Å²) < 4.78 is 0. The number of carbonyl (C=O) groups excluding carboxylic acids is 3. The first-order valence-electron chi connectivity index (χ1n) is 9.90. The third kappa shape index (κ3) is 4.15. The molecule has 4 amide bonds. The predicted octanol–water partition coefficient (Wildman–Crippen LogP) is -0.632. The van der Waals surface area contributed by atoms with Crippen LogP contribution >= 0.6 is 0 Å². The number of hydrogen-bond acceptors (Lipinski definition) is 3. The Morgan fingerprint density at radius 1 is 1.07 bits per heavy atom. The van der Waals surface area contributed by atoms with Crippen molar-refractivity contribution in [2.45, 2.75) is 32.4 Å². The Balaban J connectivity index is 1.59. The third-order valence-corrected chi connectivity index (χ3v) is 5.86. The molecule has 2 fully saturated rings. The second kappa shape index (κ2) is 8.67. The van der Waals surface area contributed by atoms with Gasteiger partial charge >= 0.3 is 6.03 Å². The van der Waals surface area contributed by atoms with Crippen molar-refractivity contribution in [3.8, 4) is 0 Å². The number of quaternary nitrogens is 2. The minimum Gasteiger partial charge on any atom is -0.331 e. The molecule has 2 heterocycles. The zero-order valence-electron chi connectivity index (χ0n) is 16.9. The SMILES string of the molecule is C/C=C(\[NH2+]C1CC[NH+](Cc2ccccc2)CC1)C1C(=O)N(C)C(=O)N(C)C1=O. The van der Waals surface area contributed by atoms with Gasteiger partial charge in [0.25, 0.3) is 11.8 Å². The van der Waals surface area contributed by atoms with Gasteiger partial charge in [0.05, 0.1) is 13.1 Å². The number of benzene rings is 1. The van der Waals surface area contributed by atoms with Crippen LogP contribution in [0.1, 0.15) is 25.3 Å². The number of nitrogens with one attached hydrogen (secondary N) is 1. The lowest BCUT2D eigenvalue weighted by Crippen LogP contribution is -3.13. The molecule has 1 aromatic rings. The third-order valence-electron chi connectivity index (χ3n) is 5.86. The molecular weight excluding hydrogens is 356 g/mol. The van der Waals surface area contributed by atoms with Gasteiger partial charge in [-0.3, -0.25) is 19.4 Å². The second-order valence-corrected chi connectivity index (χ2v) is 7.72. The molecule has 0 saturated carbocycles. The van der Waals surface area contributed by atoms with Gasteiger partial charge in [0.1, 0.15) is 18.3 Å². The molecule has 3 rings (SSSR count). The van der Waals surface area contributed by atoms with E-state index in [1.54, 1.807) is 4.90 Å². The maximum atomic E-state index is 12.6. The first-order valence-corrected chi connectivity index (χ1v) is 9.90. The lowest BCUT2D eigenvalue weighted by atomic mass is 9.96. The Kier molecular flexibility index (Phi) is 6.26. The number of likely N-dealkylation sites (tertiary alicyclic amines) is 1. The fourth-order valence-electron chi connectivity index (χ4n) is 4.10. The number of allylic oxidation sites excluding steroid dienone is 1. The summed E-state index contributed by atoms with van der Waals surface area (Å²) in [5.41, 5.74) is 2.07. The maximum absolute atomic E-state index is 12.6. The van der Waals surface area contributed by atoms with E-state index in [1.165, 1.54) is 19.7 Å². The average molecular weight is 386 g/mol. The summed E-state index contributed by atoms with van der Waals surface area (Å²) in [7, 11) is 2.86.